The highest BCUT2D eigenvalue weighted by atomic mass is 32.1. The predicted octanol–water partition coefficient (Wildman–Crippen LogP) is 5.17. The molecule has 3 rings (SSSR count). The third kappa shape index (κ3) is 2.83. The average molecular weight is 282 g/mol. The van der Waals surface area contributed by atoms with Crippen molar-refractivity contribution >= 4 is 27.2 Å². The molecule has 1 heterocycles. The lowest BCUT2D eigenvalue weighted by atomic mass is 10.1. The molecule has 0 spiro atoms. The number of rotatable bonds is 2. The molecule has 0 bridgehead atoms. The van der Waals surface area contributed by atoms with E-state index in [1.807, 2.05) is 6.07 Å². The molecule has 0 aliphatic rings. The van der Waals surface area contributed by atoms with Crippen LogP contribution in [0.15, 0.2) is 48.5 Å². The molecule has 20 heavy (non-hydrogen) atoms. The third-order valence-corrected chi connectivity index (χ3v) is 4.01. The van der Waals surface area contributed by atoms with Gasteiger partial charge in [0.1, 0.15) is 5.01 Å². The highest BCUT2D eigenvalue weighted by Gasteiger charge is 2.11. The van der Waals surface area contributed by atoms with E-state index >= 15 is 0 Å². The monoisotopic (exact) mass is 282 g/mol. The summed E-state index contributed by atoms with van der Waals surface area (Å²) in [6.07, 6.45) is 0. The maximum absolute atomic E-state index is 4.71. The molecule has 102 valence electrons. The maximum atomic E-state index is 4.71. The predicted molar refractivity (Wildman–Crippen MR) is 88.4 cm³/mol. The number of hydrogen-bond acceptors (Lipinski definition) is 3. The van der Waals surface area contributed by atoms with E-state index in [2.05, 4.69) is 68.6 Å². The molecule has 0 fully saturated rings. The Labute approximate surface area is 123 Å². The molecule has 1 N–H and O–H groups in total. The fourth-order valence-electron chi connectivity index (χ4n) is 2.16. The number of benzene rings is 2. The van der Waals surface area contributed by atoms with E-state index in [0.717, 1.165) is 16.2 Å². The summed E-state index contributed by atoms with van der Waals surface area (Å²) in [6.45, 7) is 6.49. The first-order chi connectivity index (χ1) is 9.51. The Morgan fingerprint density at radius 2 is 1.80 bits per heavy atom. The average Bonchev–Trinajstić information content (AvgIpc) is 2.80. The Hall–Kier alpha value is -1.87. The number of nitrogens with zero attached hydrogens (tertiary/aromatic N) is 1. The van der Waals surface area contributed by atoms with Gasteiger partial charge in [-0.2, -0.15) is 0 Å². The van der Waals surface area contributed by atoms with Gasteiger partial charge in [-0.05, 0) is 45.0 Å². The second-order valence-corrected chi connectivity index (χ2v) is 6.97. The third-order valence-electron chi connectivity index (χ3n) is 2.92. The molecule has 2 nitrogen and oxygen atoms in total. The zero-order chi connectivity index (χ0) is 14.2. The molecule has 3 aromatic rings. The summed E-state index contributed by atoms with van der Waals surface area (Å²) in [4.78, 5) is 4.71. The van der Waals surface area contributed by atoms with Gasteiger partial charge in [-0.25, -0.2) is 4.98 Å². The fraction of sp³-hybridized carbons (Fsp3) is 0.235. The second kappa shape index (κ2) is 4.91. The maximum Gasteiger partial charge on any atom is 0.124 e. The number of nitrogens with one attached hydrogen (secondary N) is 1. The van der Waals surface area contributed by atoms with Crippen LogP contribution in [0, 0.1) is 0 Å². The van der Waals surface area contributed by atoms with E-state index in [9.17, 15) is 0 Å². The summed E-state index contributed by atoms with van der Waals surface area (Å²) < 4.78 is 1.23. The molecule has 0 saturated heterocycles. The van der Waals surface area contributed by atoms with Crippen molar-refractivity contribution in [2.24, 2.45) is 0 Å². The molecule has 0 aliphatic carbocycles. The summed E-state index contributed by atoms with van der Waals surface area (Å²) in [5.41, 5.74) is 3.43. The van der Waals surface area contributed by atoms with Crippen molar-refractivity contribution in [3.8, 4) is 10.6 Å². The van der Waals surface area contributed by atoms with Crippen LogP contribution in [0.3, 0.4) is 0 Å². The van der Waals surface area contributed by atoms with Crippen molar-refractivity contribution in [3.05, 3.63) is 48.5 Å². The van der Waals surface area contributed by atoms with Crippen LogP contribution in [0.5, 0.6) is 0 Å². The second-order valence-electron chi connectivity index (χ2n) is 5.94. The Bertz CT molecular complexity index is 705. The Kier molecular flexibility index (Phi) is 3.22. The van der Waals surface area contributed by atoms with Crippen molar-refractivity contribution in [3.63, 3.8) is 0 Å². The number of aromatic nitrogens is 1. The zero-order valence-electron chi connectivity index (χ0n) is 12.0. The minimum Gasteiger partial charge on any atom is -0.380 e. The van der Waals surface area contributed by atoms with Gasteiger partial charge in [0.25, 0.3) is 0 Å². The Morgan fingerprint density at radius 3 is 2.55 bits per heavy atom. The molecule has 0 radical (unpaired) electrons. The van der Waals surface area contributed by atoms with Crippen LogP contribution >= 0.6 is 11.3 Å². The summed E-state index contributed by atoms with van der Waals surface area (Å²) in [7, 11) is 0. The topological polar surface area (TPSA) is 24.9 Å². The van der Waals surface area contributed by atoms with Crippen LogP contribution in [0.1, 0.15) is 20.8 Å². The highest BCUT2D eigenvalue weighted by Crippen LogP contribution is 2.31. The van der Waals surface area contributed by atoms with Gasteiger partial charge >= 0.3 is 0 Å². The van der Waals surface area contributed by atoms with Crippen LogP contribution in [-0.4, -0.2) is 10.5 Å². The lowest BCUT2D eigenvalue weighted by molar-refractivity contribution is 0.634. The fourth-order valence-corrected chi connectivity index (χ4v) is 3.12. The van der Waals surface area contributed by atoms with Gasteiger partial charge in [0, 0.05) is 16.8 Å². The SMILES string of the molecule is CC(C)(C)Nc1cccc(-c2nc3ccccc3s2)c1. The first-order valence-corrected chi connectivity index (χ1v) is 7.57. The number of fused-ring (bicyclic) bond motifs is 1. The molecular weight excluding hydrogens is 264 g/mol. The molecule has 1 aromatic heterocycles. The van der Waals surface area contributed by atoms with Crippen LogP contribution in [0.25, 0.3) is 20.8 Å². The largest absolute Gasteiger partial charge is 0.380 e. The smallest absolute Gasteiger partial charge is 0.124 e. The molecule has 3 heteroatoms. The zero-order valence-corrected chi connectivity index (χ0v) is 12.8. The first kappa shape index (κ1) is 13.1. The van der Waals surface area contributed by atoms with Crippen LogP contribution in [0.4, 0.5) is 5.69 Å². The standard InChI is InChI=1S/C17H18N2S/c1-17(2,3)19-13-8-6-7-12(11-13)16-18-14-9-4-5-10-15(14)20-16/h4-11,19H,1-3H3. The van der Waals surface area contributed by atoms with Crippen molar-refractivity contribution in [1.82, 2.24) is 4.98 Å². The van der Waals surface area contributed by atoms with E-state index in [1.165, 1.54) is 10.3 Å². The lowest BCUT2D eigenvalue weighted by Crippen LogP contribution is -2.25. The van der Waals surface area contributed by atoms with Crippen LogP contribution < -0.4 is 5.32 Å². The van der Waals surface area contributed by atoms with Gasteiger partial charge < -0.3 is 5.32 Å². The van der Waals surface area contributed by atoms with Gasteiger partial charge in [0.05, 0.1) is 10.2 Å². The molecular formula is C17H18N2S. The van der Waals surface area contributed by atoms with Gasteiger partial charge in [-0.15, -0.1) is 11.3 Å². The van der Waals surface area contributed by atoms with Gasteiger partial charge in [-0.3, -0.25) is 0 Å². The molecule has 0 atom stereocenters. The Balaban J connectivity index is 1.99. The minimum absolute atomic E-state index is 0.0617. The number of thiazole rings is 1. The summed E-state index contributed by atoms with van der Waals surface area (Å²) in [6, 6.07) is 16.7. The molecule has 0 aliphatic heterocycles. The quantitative estimate of drug-likeness (QED) is 0.701. The van der Waals surface area contributed by atoms with Crippen molar-refractivity contribution in [2.75, 3.05) is 5.32 Å². The van der Waals surface area contributed by atoms with Crippen molar-refractivity contribution in [1.29, 1.82) is 0 Å². The van der Waals surface area contributed by atoms with Gasteiger partial charge in [-0.1, -0.05) is 24.3 Å². The first-order valence-electron chi connectivity index (χ1n) is 6.75. The summed E-state index contributed by atoms with van der Waals surface area (Å²) >= 11 is 1.74. The molecule has 0 unspecified atom stereocenters. The van der Waals surface area contributed by atoms with E-state index in [0.29, 0.717) is 0 Å². The minimum atomic E-state index is 0.0617. The van der Waals surface area contributed by atoms with Gasteiger partial charge in [0.15, 0.2) is 0 Å². The van der Waals surface area contributed by atoms with E-state index in [-0.39, 0.29) is 5.54 Å². The van der Waals surface area contributed by atoms with E-state index in [4.69, 9.17) is 4.98 Å². The van der Waals surface area contributed by atoms with Crippen LogP contribution in [0.2, 0.25) is 0 Å². The molecule has 0 amide bonds. The van der Waals surface area contributed by atoms with Crippen molar-refractivity contribution in [2.45, 2.75) is 26.3 Å². The van der Waals surface area contributed by atoms with E-state index in [1.54, 1.807) is 11.3 Å². The number of anilines is 1. The summed E-state index contributed by atoms with van der Waals surface area (Å²) in [5, 5.41) is 4.57. The normalized spacial score (nSPS) is 11.8. The molecule has 0 saturated carbocycles. The van der Waals surface area contributed by atoms with Crippen molar-refractivity contribution < 1.29 is 0 Å². The van der Waals surface area contributed by atoms with Crippen LogP contribution in [-0.2, 0) is 0 Å². The number of para-hydroxylation sites is 1. The van der Waals surface area contributed by atoms with E-state index < -0.39 is 0 Å². The summed E-state index contributed by atoms with van der Waals surface area (Å²) in [5.74, 6) is 0. The lowest BCUT2D eigenvalue weighted by Gasteiger charge is -2.22. The van der Waals surface area contributed by atoms with Gasteiger partial charge in [0.2, 0.25) is 0 Å². The Morgan fingerprint density at radius 1 is 1.00 bits per heavy atom. The molecule has 2 aromatic carbocycles. The number of hydrogen-bond donors (Lipinski definition) is 1. The highest BCUT2D eigenvalue weighted by molar-refractivity contribution is 7.21.